The molecule has 1 atom stereocenters. The van der Waals surface area contributed by atoms with Crippen molar-refractivity contribution in [1.29, 1.82) is 0 Å². The lowest BCUT2D eigenvalue weighted by Gasteiger charge is -2.27. The van der Waals surface area contributed by atoms with Crippen molar-refractivity contribution in [3.8, 4) is 0 Å². The van der Waals surface area contributed by atoms with E-state index >= 15 is 0 Å². The lowest BCUT2D eigenvalue weighted by atomic mass is 10.1. The van der Waals surface area contributed by atoms with Crippen LogP contribution in [0.25, 0.3) is 0 Å². The highest BCUT2D eigenvalue weighted by Gasteiger charge is 2.28. The van der Waals surface area contributed by atoms with Crippen molar-refractivity contribution < 1.29 is 13.2 Å². The maximum atomic E-state index is 12.6. The van der Waals surface area contributed by atoms with Gasteiger partial charge in [-0.2, -0.15) is 0 Å². The first-order chi connectivity index (χ1) is 11.9. The van der Waals surface area contributed by atoms with E-state index in [2.05, 4.69) is 9.71 Å². The highest BCUT2D eigenvalue weighted by atomic mass is 35.5. The number of sulfonamides is 1. The van der Waals surface area contributed by atoms with Crippen LogP contribution in [0.3, 0.4) is 0 Å². The van der Waals surface area contributed by atoms with E-state index in [4.69, 9.17) is 11.6 Å². The van der Waals surface area contributed by atoms with Crippen LogP contribution < -0.4 is 5.32 Å². The molecular weight excluding hydrogens is 362 g/mol. The van der Waals surface area contributed by atoms with Crippen molar-refractivity contribution >= 4 is 33.4 Å². The van der Waals surface area contributed by atoms with Gasteiger partial charge in [-0.05, 0) is 48.3 Å². The monoisotopic (exact) mass is 377 g/mol. The Morgan fingerprint density at radius 3 is 3.00 bits per heavy atom. The Balaban J connectivity index is 1.51. The first kappa shape index (κ1) is 16.4. The van der Waals surface area contributed by atoms with Crippen molar-refractivity contribution in [2.75, 3.05) is 12.3 Å². The number of hydrogen-bond donors (Lipinski definition) is 1. The molecule has 0 aromatic heterocycles. The van der Waals surface area contributed by atoms with Crippen molar-refractivity contribution in [1.82, 2.24) is 10.2 Å². The van der Waals surface area contributed by atoms with E-state index in [1.54, 1.807) is 23.3 Å². The van der Waals surface area contributed by atoms with Gasteiger partial charge in [0.2, 0.25) is 0 Å². The Bertz CT molecular complexity index is 950. The largest absolute Gasteiger partial charge is 0.345 e. The Morgan fingerprint density at radius 1 is 1.32 bits per heavy atom. The minimum Gasteiger partial charge on any atom is -0.345 e. The first-order valence-electron chi connectivity index (χ1n) is 8.00. The minimum absolute atomic E-state index is 0.0362. The summed E-state index contributed by atoms with van der Waals surface area (Å²) < 4.78 is 26.8. The molecule has 4 rings (SSSR count). The standard InChI is InChI=1S/C17H16ClN3O3S/c18-13-3-4-14-11(9-13)1-5-15(14)19-17(22)12-2-6-16-20-25(23,24)8-7-21(16)10-12/h2-4,6,9-10,15H,1,5,7-8H2,(H,19,22)/t15-/m0/s1. The van der Waals surface area contributed by atoms with E-state index < -0.39 is 10.0 Å². The van der Waals surface area contributed by atoms with Crippen LogP contribution in [0.1, 0.15) is 23.6 Å². The quantitative estimate of drug-likeness (QED) is 0.854. The van der Waals surface area contributed by atoms with Gasteiger partial charge in [-0.3, -0.25) is 4.79 Å². The molecule has 0 spiro atoms. The summed E-state index contributed by atoms with van der Waals surface area (Å²) >= 11 is 6.02. The molecule has 1 aromatic carbocycles. The zero-order valence-electron chi connectivity index (χ0n) is 13.3. The molecule has 0 saturated heterocycles. The zero-order chi connectivity index (χ0) is 17.6. The van der Waals surface area contributed by atoms with Gasteiger partial charge in [0.1, 0.15) is 5.84 Å². The van der Waals surface area contributed by atoms with Crippen molar-refractivity contribution in [3.63, 3.8) is 0 Å². The fourth-order valence-corrected chi connectivity index (χ4v) is 4.48. The van der Waals surface area contributed by atoms with Crippen molar-refractivity contribution in [2.45, 2.75) is 18.9 Å². The summed E-state index contributed by atoms with van der Waals surface area (Å²) in [5, 5.41) is 3.75. The van der Waals surface area contributed by atoms with E-state index in [1.807, 2.05) is 18.2 Å². The number of nitrogens with zero attached hydrogens (tertiary/aromatic N) is 2. The molecule has 3 aliphatic rings. The maximum Gasteiger partial charge on any atom is 0.256 e. The molecule has 0 saturated carbocycles. The Kier molecular flexibility index (Phi) is 3.92. The predicted molar refractivity (Wildman–Crippen MR) is 95.8 cm³/mol. The number of fused-ring (bicyclic) bond motifs is 2. The summed E-state index contributed by atoms with van der Waals surface area (Å²) in [5.74, 6) is 0.118. The Hall–Kier alpha value is -2.12. The summed E-state index contributed by atoms with van der Waals surface area (Å²) in [4.78, 5) is 14.3. The lowest BCUT2D eigenvalue weighted by Crippen LogP contribution is -2.38. The number of amidine groups is 1. The van der Waals surface area contributed by atoms with Crippen LogP contribution >= 0.6 is 11.6 Å². The molecule has 1 N–H and O–H groups in total. The smallest absolute Gasteiger partial charge is 0.256 e. The van der Waals surface area contributed by atoms with Gasteiger partial charge in [-0.25, -0.2) is 8.42 Å². The normalized spacial score (nSPS) is 23.4. The highest BCUT2D eigenvalue weighted by Crippen LogP contribution is 2.33. The second-order valence-corrected chi connectivity index (χ2v) is 8.45. The summed E-state index contributed by atoms with van der Waals surface area (Å²) in [6.45, 7) is 0.299. The number of benzene rings is 1. The third-order valence-electron chi connectivity index (χ3n) is 4.57. The Morgan fingerprint density at radius 2 is 2.16 bits per heavy atom. The van der Waals surface area contributed by atoms with Gasteiger partial charge >= 0.3 is 0 Å². The average Bonchev–Trinajstić information content (AvgIpc) is 2.95. The molecule has 1 aromatic rings. The number of nitrogens with one attached hydrogen (secondary N) is 1. The summed E-state index contributed by atoms with van der Waals surface area (Å²) in [6.07, 6.45) is 6.54. The van der Waals surface area contributed by atoms with Gasteiger partial charge in [-0.15, -0.1) is 4.40 Å². The molecule has 130 valence electrons. The topological polar surface area (TPSA) is 78.8 Å². The van der Waals surface area contributed by atoms with E-state index in [1.165, 1.54) is 5.56 Å². The van der Waals surface area contributed by atoms with Crippen molar-refractivity contribution in [3.05, 3.63) is 58.3 Å². The molecule has 1 aliphatic carbocycles. The van der Waals surface area contributed by atoms with E-state index in [0.717, 1.165) is 18.4 Å². The summed E-state index contributed by atoms with van der Waals surface area (Å²) in [7, 11) is -3.39. The molecule has 0 radical (unpaired) electrons. The molecule has 2 heterocycles. The number of carbonyl (C=O) groups is 1. The molecule has 0 fully saturated rings. The summed E-state index contributed by atoms with van der Waals surface area (Å²) in [5.41, 5.74) is 2.76. The molecule has 1 amide bonds. The van der Waals surface area contributed by atoms with Crippen LogP contribution in [0.2, 0.25) is 5.02 Å². The van der Waals surface area contributed by atoms with Gasteiger partial charge in [0, 0.05) is 17.8 Å². The van der Waals surface area contributed by atoms with Gasteiger partial charge in [0.25, 0.3) is 15.9 Å². The predicted octanol–water partition coefficient (Wildman–Crippen LogP) is 1.94. The number of halogens is 1. The molecular formula is C17H16ClN3O3S. The van der Waals surface area contributed by atoms with Gasteiger partial charge in [0.05, 0.1) is 17.4 Å². The molecule has 6 nitrogen and oxygen atoms in total. The van der Waals surface area contributed by atoms with Gasteiger partial charge in [-0.1, -0.05) is 17.7 Å². The SMILES string of the molecule is O=C(N[C@H]1CCc2cc(Cl)ccc21)C1=CN2CCS(=O)(=O)N=C2C=C1. The van der Waals surface area contributed by atoms with E-state index in [0.29, 0.717) is 23.0 Å². The van der Waals surface area contributed by atoms with Crippen molar-refractivity contribution in [2.24, 2.45) is 4.40 Å². The second kappa shape index (κ2) is 6.00. The summed E-state index contributed by atoms with van der Waals surface area (Å²) in [6, 6.07) is 5.70. The molecule has 25 heavy (non-hydrogen) atoms. The third kappa shape index (κ3) is 3.21. The number of carbonyl (C=O) groups excluding carboxylic acids is 1. The third-order valence-corrected chi connectivity index (χ3v) is 5.97. The number of rotatable bonds is 2. The first-order valence-corrected chi connectivity index (χ1v) is 9.98. The second-order valence-electron chi connectivity index (χ2n) is 6.25. The van der Waals surface area contributed by atoms with Gasteiger partial charge in [0.15, 0.2) is 0 Å². The molecule has 8 heteroatoms. The van der Waals surface area contributed by atoms with Crippen LogP contribution in [0.15, 0.2) is 46.5 Å². The van der Waals surface area contributed by atoms with E-state index in [9.17, 15) is 13.2 Å². The van der Waals surface area contributed by atoms with Gasteiger partial charge < -0.3 is 10.2 Å². The Labute approximate surface area is 150 Å². The van der Waals surface area contributed by atoms with Crippen LogP contribution in [-0.2, 0) is 21.2 Å². The van der Waals surface area contributed by atoms with E-state index in [-0.39, 0.29) is 17.7 Å². The maximum absolute atomic E-state index is 12.6. The number of aryl methyl sites for hydroxylation is 1. The minimum atomic E-state index is -3.39. The van der Waals surface area contributed by atoms with Crippen LogP contribution in [0.5, 0.6) is 0 Å². The fraction of sp³-hybridized carbons (Fsp3) is 0.294. The average molecular weight is 378 g/mol. The molecule has 0 unspecified atom stereocenters. The van der Waals surface area contributed by atoms with Crippen LogP contribution in [-0.4, -0.2) is 37.4 Å². The number of amides is 1. The fourth-order valence-electron chi connectivity index (χ4n) is 3.31. The molecule has 0 bridgehead atoms. The van der Waals surface area contributed by atoms with Crippen LogP contribution in [0.4, 0.5) is 0 Å². The lowest BCUT2D eigenvalue weighted by molar-refractivity contribution is -0.118. The van der Waals surface area contributed by atoms with Crippen LogP contribution in [0, 0.1) is 0 Å². The zero-order valence-corrected chi connectivity index (χ0v) is 14.8. The number of hydrogen-bond acceptors (Lipinski definition) is 4. The molecule has 2 aliphatic heterocycles. The highest BCUT2D eigenvalue weighted by molar-refractivity contribution is 7.90.